The molecule has 1 aliphatic heterocycles. The lowest BCUT2D eigenvalue weighted by molar-refractivity contribution is 0.102. The topological polar surface area (TPSA) is 50.4 Å². The Morgan fingerprint density at radius 2 is 1.86 bits per heavy atom. The summed E-state index contributed by atoms with van der Waals surface area (Å²) in [6.45, 7) is 2.12. The minimum Gasteiger partial charge on any atom is -0.497 e. The van der Waals surface area contributed by atoms with E-state index in [1.54, 1.807) is 31.4 Å². The van der Waals surface area contributed by atoms with Crippen molar-refractivity contribution in [3.63, 3.8) is 0 Å². The highest BCUT2D eigenvalue weighted by Crippen LogP contribution is 2.23. The maximum Gasteiger partial charge on any atom is 0.255 e. The van der Waals surface area contributed by atoms with Crippen LogP contribution in [0.4, 0.5) is 5.69 Å². The summed E-state index contributed by atoms with van der Waals surface area (Å²) in [4.78, 5) is 12.2. The van der Waals surface area contributed by atoms with E-state index < -0.39 is 0 Å². The maximum absolute atomic E-state index is 12.2. The summed E-state index contributed by atoms with van der Waals surface area (Å²) in [6.07, 6.45) is 1.18. The van der Waals surface area contributed by atoms with Crippen LogP contribution in [0.1, 0.15) is 28.3 Å². The van der Waals surface area contributed by atoms with Crippen LogP contribution >= 0.6 is 0 Å². The zero-order valence-electron chi connectivity index (χ0n) is 12.6. The largest absolute Gasteiger partial charge is 0.497 e. The number of hydrogen-bond donors (Lipinski definition) is 2. The van der Waals surface area contributed by atoms with E-state index in [0.717, 1.165) is 24.5 Å². The number of benzene rings is 2. The van der Waals surface area contributed by atoms with Crippen molar-refractivity contribution in [2.75, 3.05) is 25.5 Å². The Morgan fingerprint density at radius 3 is 2.45 bits per heavy atom. The van der Waals surface area contributed by atoms with Crippen LogP contribution < -0.4 is 15.4 Å². The Morgan fingerprint density at radius 1 is 1.14 bits per heavy atom. The highest BCUT2D eigenvalue weighted by Gasteiger charge is 2.16. The second-order valence-electron chi connectivity index (χ2n) is 5.49. The van der Waals surface area contributed by atoms with Crippen LogP contribution in [0.25, 0.3) is 0 Å². The van der Waals surface area contributed by atoms with Crippen molar-refractivity contribution in [2.24, 2.45) is 0 Å². The van der Waals surface area contributed by atoms with Crippen molar-refractivity contribution < 1.29 is 9.53 Å². The predicted molar refractivity (Wildman–Crippen MR) is 87.6 cm³/mol. The minimum atomic E-state index is -0.113. The van der Waals surface area contributed by atoms with Gasteiger partial charge in [0.1, 0.15) is 5.75 Å². The number of rotatable bonds is 4. The lowest BCUT2D eigenvalue weighted by Crippen LogP contribution is -2.12. The molecule has 114 valence electrons. The summed E-state index contributed by atoms with van der Waals surface area (Å²) in [5, 5.41) is 6.29. The Kier molecular flexibility index (Phi) is 4.39. The molecule has 4 heteroatoms. The van der Waals surface area contributed by atoms with Crippen LogP contribution in [-0.2, 0) is 0 Å². The third-order valence-corrected chi connectivity index (χ3v) is 4.05. The number of nitrogens with one attached hydrogen (secondary N) is 2. The van der Waals surface area contributed by atoms with E-state index >= 15 is 0 Å². The van der Waals surface area contributed by atoms with Crippen LogP contribution in [0.3, 0.4) is 0 Å². The van der Waals surface area contributed by atoms with Gasteiger partial charge in [0.15, 0.2) is 0 Å². The van der Waals surface area contributed by atoms with E-state index in [1.807, 2.05) is 12.1 Å². The first-order valence-electron chi connectivity index (χ1n) is 7.52. The number of carbonyl (C=O) groups excluding carboxylic acids is 1. The van der Waals surface area contributed by atoms with Crippen LogP contribution in [0.5, 0.6) is 5.75 Å². The molecule has 0 saturated carbocycles. The van der Waals surface area contributed by atoms with E-state index in [9.17, 15) is 4.79 Å². The molecule has 1 amide bonds. The molecule has 22 heavy (non-hydrogen) atoms. The van der Waals surface area contributed by atoms with Gasteiger partial charge in [0.2, 0.25) is 0 Å². The number of carbonyl (C=O) groups is 1. The standard InChI is InChI=1S/C18H20N2O2/c1-22-17-8-4-14(5-9-17)18(21)20-16-6-2-13(3-7-16)15-10-11-19-12-15/h2-9,15,19H,10-12H2,1H3,(H,20,21). The van der Waals surface area contributed by atoms with Crippen LogP contribution in [0.15, 0.2) is 48.5 Å². The minimum absolute atomic E-state index is 0.113. The molecule has 1 heterocycles. The van der Waals surface area contributed by atoms with Crippen LogP contribution in [0, 0.1) is 0 Å². The van der Waals surface area contributed by atoms with E-state index in [2.05, 4.69) is 22.8 Å². The monoisotopic (exact) mass is 296 g/mol. The SMILES string of the molecule is COc1ccc(C(=O)Nc2ccc(C3CCNC3)cc2)cc1. The fourth-order valence-corrected chi connectivity index (χ4v) is 2.72. The maximum atomic E-state index is 12.2. The first kappa shape index (κ1) is 14.6. The molecule has 0 aromatic heterocycles. The molecule has 2 N–H and O–H groups in total. The zero-order valence-corrected chi connectivity index (χ0v) is 12.6. The summed E-state index contributed by atoms with van der Waals surface area (Å²) in [7, 11) is 1.61. The summed E-state index contributed by atoms with van der Waals surface area (Å²) in [5.74, 6) is 1.22. The van der Waals surface area contributed by atoms with Crippen LogP contribution in [-0.4, -0.2) is 26.1 Å². The number of methoxy groups -OCH3 is 1. The molecule has 1 aliphatic rings. The molecule has 3 rings (SSSR count). The van der Waals surface area contributed by atoms with Crippen molar-refractivity contribution in [3.05, 3.63) is 59.7 Å². The van der Waals surface area contributed by atoms with Gasteiger partial charge in [-0.25, -0.2) is 0 Å². The van der Waals surface area contributed by atoms with Gasteiger partial charge >= 0.3 is 0 Å². The van der Waals surface area contributed by atoms with Crippen molar-refractivity contribution >= 4 is 11.6 Å². The third kappa shape index (κ3) is 3.28. The second-order valence-corrected chi connectivity index (χ2v) is 5.49. The van der Waals surface area contributed by atoms with Gasteiger partial charge in [-0.3, -0.25) is 4.79 Å². The molecule has 0 aliphatic carbocycles. The zero-order chi connectivity index (χ0) is 15.4. The summed E-state index contributed by atoms with van der Waals surface area (Å²) in [6, 6.07) is 15.2. The highest BCUT2D eigenvalue weighted by molar-refractivity contribution is 6.04. The molecule has 1 atom stereocenters. The Labute approximate surface area is 130 Å². The third-order valence-electron chi connectivity index (χ3n) is 4.05. The number of ether oxygens (including phenoxy) is 1. The van der Waals surface area contributed by atoms with E-state index in [1.165, 1.54) is 12.0 Å². The van der Waals surface area contributed by atoms with Gasteiger partial charge in [-0.15, -0.1) is 0 Å². The Balaban J connectivity index is 1.65. The fraction of sp³-hybridized carbons (Fsp3) is 0.278. The van der Waals surface area contributed by atoms with Gasteiger partial charge < -0.3 is 15.4 Å². The second kappa shape index (κ2) is 6.62. The smallest absolute Gasteiger partial charge is 0.255 e. The molecular formula is C18H20N2O2. The number of amides is 1. The van der Waals surface area contributed by atoms with Gasteiger partial charge in [-0.05, 0) is 60.8 Å². The molecule has 1 unspecified atom stereocenters. The van der Waals surface area contributed by atoms with Gasteiger partial charge in [0, 0.05) is 17.8 Å². The van der Waals surface area contributed by atoms with E-state index in [4.69, 9.17) is 4.74 Å². The van der Waals surface area contributed by atoms with Crippen molar-refractivity contribution in [3.8, 4) is 5.75 Å². The van der Waals surface area contributed by atoms with Crippen molar-refractivity contribution in [1.82, 2.24) is 5.32 Å². The van der Waals surface area contributed by atoms with E-state index in [0.29, 0.717) is 11.5 Å². The highest BCUT2D eigenvalue weighted by atomic mass is 16.5. The predicted octanol–water partition coefficient (Wildman–Crippen LogP) is 3.02. The fourth-order valence-electron chi connectivity index (χ4n) is 2.72. The number of anilines is 1. The molecule has 0 bridgehead atoms. The van der Waals surface area contributed by atoms with E-state index in [-0.39, 0.29) is 5.91 Å². The van der Waals surface area contributed by atoms with Gasteiger partial charge in [0.25, 0.3) is 5.91 Å². The molecule has 0 radical (unpaired) electrons. The molecule has 4 nitrogen and oxygen atoms in total. The first-order chi connectivity index (χ1) is 10.8. The molecule has 1 saturated heterocycles. The molecule has 2 aromatic carbocycles. The summed E-state index contributed by atoms with van der Waals surface area (Å²) < 4.78 is 5.09. The average Bonchev–Trinajstić information content (AvgIpc) is 3.10. The molecule has 1 fully saturated rings. The molecule has 0 spiro atoms. The molecular weight excluding hydrogens is 276 g/mol. The Hall–Kier alpha value is -2.33. The van der Waals surface area contributed by atoms with Crippen LogP contribution in [0.2, 0.25) is 0 Å². The van der Waals surface area contributed by atoms with Gasteiger partial charge in [-0.1, -0.05) is 12.1 Å². The number of hydrogen-bond acceptors (Lipinski definition) is 3. The lowest BCUT2D eigenvalue weighted by atomic mass is 9.98. The molecule has 2 aromatic rings. The first-order valence-corrected chi connectivity index (χ1v) is 7.52. The summed E-state index contributed by atoms with van der Waals surface area (Å²) >= 11 is 0. The van der Waals surface area contributed by atoms with Crippen molar-refractivity contribution in [1.29, 1.82) is 0 Å². The Bertz CT molecular complexity index is 629. The van der Waals surface area contributed by atoms with Gasteiger partial charge in [-0.2, -0.15) is 0 Å². The van der Waals surface area contributed by atoms with Crippen molar-refractivity contribution in [2.45, 2.75) is 12.3 Å². The lowest BCUT2D eigenvalue weighted by Gasteiger charge is -2.10. The quantitative estimate of drug-likeness (QED) is 0.912. The normalized spacial score (nSPS) is 17.2. The van der Waals surface area contributed by atoms with Gasteiger partial charge in [0.05, 0.1) is 7.11 Å². The summed E-state index contributed by atoms with van der Waals surface area (Å²) in [5.41, 5.74) is 2.76. The average molecular weight is 296 g/mol.